The van der Waals surface area contributed by atoms with Crippen LogP contribution in [-0.2, 0) is 14.3 Å². The number of methoxy groups -OCH3 is 1. The lowest BCUT2D eigenvalue weighted by Gasteiger charge is -2.12. The molecule has 0 aromatic heterocycles. The molecule has 0 atom stereocenters. The molecule has 2 amide bonds. The van der Waals surface area contributed by atoms with Gasteiger partial charge in [-0.15, -0.1) is 11.8 Å². The second-order valence-corrected chi connectivity index (χ2v) is 8.69. The summed E-state index contributed by atoms with van der Waals surface area (Å²) in [5.74, 6) is 0.00443. The molecule has 0 spiro atoms. The number of esters is 1. The third-order valence-electron chi connectivity index (χ3n) is 4.93. The maximum Gasteiger partial charge on any atom is 0.330 e. The van der Waals surface area contributed by atoms with Crippen molar-refractivity contribution in [2.45, 2.75) is 11.8 Å². The van der Waals surface area contributed by atoms with Crippen LogP contribution in [0.2, 0.25) is 0 Å². The Labute approximate surface area is 220 Å². The van der Waals surface area contributed by atoms with Crippen LogP contribution < -0.4 is 15.4 Å². The molecule has 0 bridgehead atoms. The third-order valence-corrected chi connectivity index (χ3v) is 5.88. The zero-order valence-electron chi connectivity index (χ0n) is 20.6. The van der Waals surface area contributed by atoms with Crippen LogP contribution in [0.3, 0.4) is 0 Å². The number of amides is 2. The molecule has 2 N–H and O–H groups in total. The predicted molar refractivity (Wildman–Crippen MR) is 146 cm³/mol. The Balaban J connectivity index is 1.74. The number of benzene rings is 3. The van der Waals surface area contributed by atoms with E-state index in [2.05, 4.69) is 10.6 Å². The first-order valence-electron chi connectivity index (χ1n) is 11.6. The topological polar surface area (TPSA) is 93.7 Å². The van der Waals surface area contributed by atoms with Gasteiger partial charge in [-0.2, -0.15) is 0 Å². The van der Waals surface area contributed by atoms with Gasteiger partial charge in [0.05, 0.1) is 13.7 Å². The number of carbonyl (C=O) groups is 3. The molecule has 0 radical (unpaired) electrons. The van der Waals surface area contributed by atoms with E-state index in [1.165, 1.54) is 17.8 Å². The first kappa shape index (κ1) is 27.3. The minimum atomic E-state index is -0.468. The lowest BCUT2D eigenvalue weighted by atomic mass is 10.1. The Hall–Kier alpha value is -4.30. The van der Waals surface area contributed by atoms with Crippen LogP contribution in [0.4, 0.5) is 5.69 Å². The molecule has 190 valence electrons. The highest BCUT2D eigenvalue weighted by atomic mass is 32.2. The maximum atomic E-state index is 13.2. The summed E-state index contributed by atoms with van der Waals surface area (Å²) in [6.45, 7) is 2.09. The summed E-state index contributed by atoms with van der Waals surface area (Å²) < 4.78 is 10.1. The molecule has 3 aromatic carbocycles. The van der Waals surface area contributed by atoms with Gasteiger partial charge in [0.15, 0.2) is 0 Å². The molecule has 0 unspecified atom stereocenters. The Morgan fingerprint density at radius 1 is 0.946 bits per heavy atom. The molecule has 3 aromatic rings. The summed E-state index contributed by atoms with van der Waals surface area (Å²) in [5.41, 5.74) is 1.82. The van der Waals surface area contributed by atoms with Crippen molar-refractivity contribution in [3.05, 3.63) is 108 Å². The zero-order valence-corrected chi connectivity index (χ0v) is 21.4. The molecule has 0 aliphatic rings. The summed E-state index contributed by atoms with van der Waals surface area (Å²) in [6, 6.07) is 23.1. The molecule has 8 heteroatoms. The third kappa shape index (κ3) is 9.01. The van der Waals surface area contributed by atoms with E-state index in [0.717, 1.165) is 10.5 Å². The quantitative estimate of drug-likeness (QED) is 0.204. The fourth-order valence-corrected chi connectivity index (χ4v) is 3.92. The number of rotatable bonds is 11. The van der Waals surface area contributed by atoms with Crippen LogP contribution in [0.1, 0.15) is 22.8 Å². The molecule has 0 aliphatic carbocycles. The lowest BCUT2D eigenvalue weighted by Crippen LogP contribution is -2.30. The second-order valence-electron chi connectivity index (χ2n) is 7.60. The summed E-state index contributed by atoms with van der Waals surface area (Å²) in [5, 5.41) is 5.58. The van der Waals surface area contributed by atoms with Gasteiger partial charge in [0, 0.05) is 28.0 Å². The summed E-state index contributed by atoms with van der Waals surface area (Å²) in [4.78, 5) is 38.3. The summed E-state index contributed by atoms with van der Waals surface area (Å²) in [6.07, 6.45) is 4.73. The van der Waals surface area contributed by atoms with E-state index < -0.39 is 11.8 Å². The standard InChI is InChI=1S/C29H28N2O5S/c1-3-36-27(32)13-8-18-37-25-12-7-11-23(20-25)30-29(34)26(19-21-14-16-24(35-2)17-15-21)31-28(33)22-9-5-4-6-10-22/h4-17,19-20H,3,18H2,1-2H3,(H,30,34)(H,31,33)/b13-8+,26-19+. The van der Waals surface area contributed by atoms with Gasteiger partial charge in [-0.25, -0.2) is 4.79 Å². The summed E-state index contributed by atoms with van der Waals surface area (Å²) >= 11 is 1.50. The largest absolute Gasteiger partial charge is 0.497 e. The van der Waals surface area contributed by atoms with E-state index in [1.807, 2.05) is 24.3 Å². The Morgan fingerprint density at radius 3 is 2.41 bits per heavy atom. The first-order chi connectivity index (χ1) is 18.0. The van der Waals surface area contributed by atoms with Crippen LogP contribution in [0.5, 0.6) is 5.75 Å². The minimum absolute atomic E-state index is 0.0921. The van der Waals surface area contributed by atoms with Crippen LogP contribution in [0.25, 0.3) is 6.08 Å². The number of ether oxygens (including phenoxy) is 2. The number of anilines is 1. The minimum Gasteiger partial charge on any atom is -0.497 e. The Morgan fingerprint density at radius 2 is 1.70 bits per heavy atom. The van der Waals surface area contributed by atoms with Gasteiger partial charge in [0.1, 0.15) is 11.4 Å². The van der Waals surface area contributed by atoms with E-state index in [9.17, 15) is 14.4 Å². The van der Waals surface area contributed by atoms with E-state index in [-0.39, 0.29) is 11.7 Å². The van der Waals surface area contributed by atoms with Crippen molar-refractivity contribution in [3.63, 3.8) is 0 Å². The maximum absolute atomic E-state index is 13.2. The average molecular weight is 517 g/mol. The van der Waals surface area contributed by atoms with Gasteiger partial charge in [-0.1, -0.05) is 42.5 Å². The molecule has 7 nitrogen and oxygen atoms in total. The van der Waals surface area contributed by atoms with Crippen LogP contribution in [-0.4, -0.2) is 37.3 Å². The highest BCUT2D eigenvalue weighted by Crippen LogP contribution is 2.22. The first-order valence-corrected chi connectivity index (χ1v) is 12.6. The molecule has 0 saturated heterocycles. The second kappa shape index (κ2) is 14.3. The van der Waals surface area contributed by atoms with Gasteiger partial charge in [-0.3, -0.25) is 9.59 Å². The highest BCUT2D eigenvalue weighted by Gasteiger charge is 2.15. The van der Waals surface area contributed by atoms with Crippen LogP contribution in [0.15, 0.2) is 102 Å². The molecule has 0 heterocycles. The number of thioether (sulfide) groups is 1. The monoisotopic (exact) mass is 516 g/mol. The lowest BCUT2D eigenvalue weighted by molar-refractivity contribution is -0.137. The molecular formula is C29H28N2O5S. The van der Waals surface area contributed by atoms with Crippen LogP contribution in [0, 0.1) is 0 Å². The van der Waals surface area contributed by atoms with Gasteiger partial charge in [0.25, 0.3) is 11.8 Å². The van der Waals surface area contributed by atoms with E-state index in [0.29, 0.717) is 29.4 Å². The van der Waals surface area contributed by atoms with Crippen LogP contribution >= 0.6 is 11.8 Å². The fraction of sp³-hybridized carbons (Fsp3) is 0.138. The SMILES string of the molecule is CCOC(=O)/C=C/CSc1cccc(NC(=O)/C(=C\c2ccc(OC)cc2)NC(=O)c2ccccc2)c1. The number of carbonyl (C=O) groups excluding carboxylic acids is 3. The molecule has 0 saturated carbocycles. The van der Waals surface area contributed by atoms with Crippen molar-refractivity contribution in [1.82, 2.24) is 5.32 Å². The number of hydrogen-bond donors (Lipinski definition) is 2. The van der Waals surface area contributed by atoms with Gasteiger partial charge in [-0.05, 0) is 61.0 Å². The van der Waals surface area contributed by atoms with Gasteiger partial charge < -0.3 is 20.1 Å². The van der Waals surface area contributed by atoms with Crippen molar-refractivity contribution in [1.29, 1.82) is 0 Å². The normalized spacial score (nSPS) is 11.1. The Bertz CT molecular complexity index is 1270. The van der Waals surface area contributed by atoms with E-state index in [1.54, 1.807) is 80.8 Å². The van der Waals surface area contributed by atoms with Crippen molar-refractivity contribution < 1.29 is 23.9 Å². The van der Waals surface area contributed by atoms with E-state index >= 15 is 0 Å². The van der Waals surface area contributed by atoms with Gasteiger partial charge >= 0.3 is 5.97 Å². The predicted octanol–water partition coefficient (Wildman–Crippen LogP) is 5.32. The molecular weight excluding hydrogens is 488 g/mol. The molecule has 0 fully saturated rings. The summed E-state index contributed by atoms with van der Waals surface area (Å²) in [7, 11) is 1.58. The van der Waals surface area contributed by atoms with Gasteiger partial charge in [0.2, 0.25) is 0 Å². The Kier molecular flexibility index (Phi) is 10.6. The van der Waals surface area contributed by atoms with Crippen molar-refractivity contribution in [3.8, 4) is 5.75 Å². The number of nitrogens with one attached hydrogen (secondary N) is 2. The van der Waals surface area contributed by atoms with Crippen molar-refractivity contribution in [2.75, 3.05) is 24.8 Å². The number of hydrogen-bond acceptors (Lipinski definition) is 6. The molecule has 0 aliphatic heterocycles. The average Bonchev–Trinajstić information content (AvgIpc) is 2.92. The fourth-order valence-electron chi connectivity index (χ4n) is 3.15. The van der Waals surface area contributed by atoms with E-state index in [4.69, 9.17) is 9.47 Å². The molecule has 37 heavy (non-hydrogen) atoms. The smallest absolute Gasteiger partial charge is 0.330 e. The van der Waals surface area contributed by atoms with Crippen molar-refractivity contribution >= 4 is 41.3 Å². The molecule has 3 rings (SSSR count). The highest BCUT2D eigenvalue weighted by molar-refractivity contribution is 7.99. The van der Waals surface area contributed by atoms with Crippen molar-refractivity contribution in [2.24, 2.45) is 0 Å². The zero-order chi connectivity index (χ0) is 26.5.